The third-order valence-electron chi connectivity index (χ3n) is 5.18. The number of alkyl halides is 3. The van der Waals surface area contributed by atoms with Gasteiger partial charge in [-0.15, -0.1) is 11.8 Å². The monoisotopic (exact) mass is 544 g/mol. The molecule has 1 N–H and O–H groups in total. The highest BCUT2D eigenvalue weighted by Crippen LogP contribution is 2.39. The summed E-state index contributed by atoms with van der Waals surface area (Å²) in [6.45, 7) is 0. The molecule has 1 heterocycles. The molecular formula is C27H20ClF3N2O3S. The van der Waals surface area contributed by atoms with E-state index in [0.29, 0.717) is 5.56 Å². The summed E-state index contributed by atoms with van der Waals surface area (Å²) >= 11 is 7.95. The summed E-state index contributed by atoms with van der Waals surface area (Å²) in [6, 6.07) is 21.0. The van der Waals surface area contributed by atoms with Crippen LogP contribution >= 0.6 is 23.4 Å². The van der Waals surface area contributed by atoms with Crippen molar-refractivity contribution in [3.63, 3.8) is 0 Å². The summed E-state index contributed by atoms with van der Waals surface area (Å²) in [5, 5.41) is 2.65. The van der Waals surface area contributed by atoms with E-state index in [2.05, 4.69) is 10.3 Å². The fourth-order valence-corrected chi connectivity index (χ4v) is 4.48. The Balaban J connectivity index is 1.43. The normalized spacial score (nSPS) is 11.2. The number of hydrogen-bond donors (Lipinski definition) is 1. The van der Waals surface area contributed by atoms with Gasteiger partial charge in [-0.1, -0.05) is 54.1 Å². The summed E-state index contributed by atoms with van der Waals surface area (Å²) in [4.78, 5) is 17.5. The van der Waals surface area contributed by atoms with Gasteiger partial charge in [-0.2, -0.15) is 13.2 Å². The summed E-state index contributed by atoms with van der Waals surface area (Å²) in [5.41, 5.74) is 1.13. The molecule has 1 amide bonds. The van der Waals surface area contributed by atoms with E-state index >= 15 is 0 Å². The van der Waals surface area contributed by atoms with Gasteiger partial charge in [0.05, 0.1) is 23.4 Å². The number of nitrogens with one attached hydrogen (secondary N) is 1. The molecule has 0 saturated carbocycles. The topological polar surface area (TPSA) is 60.5 Å². The first-order chi connectivity index (χ1) is 17.7. The number of pyridine rings is 1. The molecule has 10 heteroatoms. The fraction of sp³-hybridized carbons (Fsp3) is 0.111. The van der Waals surface area contributed by atoms with Crippen LogP contribution in [0.1, 0.15) is 11.1 Å². The van der Waals surface area contributed by atoms with E-state index in [1.54, 1.807) is 30.1 Å². The van der Waals surface area contributed by atoms with E-state index in [1.807, 2.05) is 30.3 Å². The second-order valence-corrected chi connectivity index (χ2v) is 9.19. The Hall–Kier alpha value is -3.69. The first kappa shape index (κ1) is 26.4. The Morgan fingerprint density at radius 1 is 1.03 bits per heavy atom. The number of ether oxygens (including phenoxy) is 2. The zero-order valence-electron chi connectivity index (χ0n) is 19.4. The predicted octanol–water partition coefficient (Wildman–Crippen LogP) is 8.33. The number of methoxy groups -OCH3 is 1. The smallest absolute Gasteiger partial charge is 0.418 e. The van der Waals surface area contributed by atoms with Gasteiger partial charge < -0.3 is 9.47 Å². The lowest BCUT2D eigenvalue weighted by Crippen LogP contribution is -2.17. The molecule has 37 heavy (non-hydrogen) atoms. The number of thioether (sulfide) groups is 1. The molecule has 0 aliphatic rings. The molecular weight excluding hydrogens is 525 g/mol. The van der Waals surface area contributed by atoms with E-state index in [4.69, 9.17) is 21.1 Å². The van der Waals surface area contributed by atoms with E-state index in [1.165, 1.54) is 36.9 Å². The molecule has 0 atom stereocenters. The Bertz CT molecular complexity index is 1380. The lowest BCUT2D eigenvalue weighted by Gasteiger charge is -2.15. The average molecular weight is 545 g/mol. The van der Waals surface area contributed by atoms with Crippen LogP contribution in [-0.2, 0) is 11.9 Å². The van der Waals surface area contributed by atoms with Gasteiger partial charge in [-0.25, -0.2) is 9.78 Å². The highest BCUT2D eigenvalue weighted by atomic mass is 35.5. The highest BCUT2D eigenvalue weighted by molar-refractivity contribution is 7.98. The van der Waals surface area contributed by atoms with Crippen molar-refractivity contribution in [1.82, 2.24) is 4.98 Å². The van der Waals surface area contributed by atoms with Crippen LogP contribution in [0.4, 0.5) is 23.7 Å². The van der Waals surface area contributed by atoms with Gasteiger partial charge in [0.1, 0.15) is 5.75 Å². The Labute approximate surface area is 220 Å². The zero-order valence-corrected chi connectivity index (χ0v) is 21.0. The molecule has 0 fully saturated rings. The number of nitrogens with zero attached hydrogens (tertiary/aromatic N) is 1. The van der Waals surface area contributed by atoms with Crippen molar-refractivity contribution in [1.29, 1.82) is 0 Å². The van der Waals surface area contributed by atoms with Crippen molar-refractivity contribution in [3.05, 3.63) is 101 Å². The SMILES string of the molecule is COc1cc(-c2cccc(C(F)(F)F)c2)c(Cl)cc1NC(=O)Oc1ccc(SCc2ccccc2)cn1. The van der Waals surface area contributed by atoms with Crippen LogP contribution in [-0.4, -0.2) is 18.2 Å². The van der Waals surface area contributed by atoms with Gasteiger partial charge in [-0.3, -0.25) is 5.32 Å². The number of halogens is 4. The van der Waals surface area contributed by atoms with Crippen LogP contribution in [0.5, 0.6) is 11.6 Å². The van der Waals surface area contributed by atoms with Gasteiger partial charge in [0.2, 0.25) is 5.88 Å². The van der Waals surface area contributed by atoms with Gasteiger partial charge >= 0.3 is 12.3 Å². The molecule has 0 bridgehead atoms. The Morgan fingerprint density at radius 2 is 1.81 bits per heavy atom. The fourth-order valence-electron chi connectivity index (χ4n) is 3.39. The Kier molecular flexibility index (Phi) is 8.25. The molecule has 4 rings (SSSR count). The Morgan fingerprint density at radius 3 is 2.49 bits per heavy atom. The van der Waals surface area contributed by atoms with Crippen LogP contribution in [0.25, 0.3) is 11.1 Å². The number of aromatic nitrogens is 1. The zero-order chi connectivity index (χ0) is 26.4. The standard InChI is InChI=1S/C27H20ClF3N2O3S/c1-35-24-13-21(18-8-5-9-19(12-18)27(29,30)31)22(28)14-23(24)33-26(34)36-25-11-10-20(15-32-25)37-16-17-6-3-2-4-7-17/h2-15H,16H2,1H3,(H,33,34). The summed E-state index contributed by atoms with van der Waals surface area (Å²) < 4.78 is 49.9. The minimum atomic E-state index is -4.50. The third-order valence-corrected chi connectivity index (χ3v) is 6.55. The molecule has 0 aliphatic heterocycles. The molecule has 0 radical (unpaired) electrons. The number of hydrogen-bond acceptors (Lipinski definition) is 5. The first-order valence-corrected chi connectivity index (χ1v) is 12.3. The maximum absolute atomic E-state index is 13.1. The van der Waals surface area contributed by atoms with E-state index in [9.17, 15) is 18.0 Å². The van der Waals surface area contributed by atoms with Crippen molar-refractivity contribution in [2.24, 2.45) is 0 Å². The maximum Gasteiger partial charge on any atom is 0.418 e. The lowest BCUT2D eigenvalue weighted by molar-refractivity contribution is -0.137. The molecule has 190 valence electrons. The van der Waals surface area contributed by atoms with E-state index in [0.717, 1.165) is 22.8 Å². The van der Waals surface area contributed by atoms with Crippen molar-refractivity contribution < 1.29 is 27.4 Å². The molecule has 5 nitrogen and oxygen atoms in total. The van der Waals surface area contributed by atoms with Crippen molar-refractivity contribution in [2.45, 2.75) is 16.8 Å². The lowest BCUT2D eigenvalue weighted by atomic mass is 10.0. The number of carbonyl (C=O) groups excluding carboxylic acids is 1. The van der Waals surface area contributed by atoms with Crippen LogP contribution in [0.2, 0.25) is 5.02 Å². The van der Waals surface area contributed by atoms with Crippen LogP contribution in [0.3, 0.4) is 0 Å². The number of benzene rings is 3. The average Bonchev–Trinajstić information content (AvgIpc) is 2.88. The molecule has 0 unspecified atom stereocenters. The molecule has 0 aliphatic carbocycles. The van der Waals surface area contributed by atoms with Crippen LogP contribution in [0.15, 0.2) is 90.0 Å². The van der Waals surface area contributed by atoms with E-state index < -0.39 is 17.8 Å². The van der Waals surface area contributed by atoms with Crippen molar-refractivity contribution in [3.8, 4) is 22.8 Å². The summed E-state index contributed by atoms with van der Waals surface area (Å²) in [6.07, 6.45) is -3.72. The van der Waals surface area contributed by atoms with Gasteiger partial charge in [0.15, 0.2) is 0 Å². The van der Waals surface area contributed by atoms with Gasteiger partial charge in [0.25, 0.3) is 0 Å². The molecule has 1 aromatic heterocycles. The second-order valence-electron chi connectivity index (χ2n) is 7.73. The maximum atomic E-state index is 13.1. The van der Waals surface area contributed by atoms with Crippen LogP contribution in [0, 0.1) is 0 Å². The molecule has 3 aromatic carbocycles. The minimum Gasteiger partial charge on any atom is -0.495 e. The summed E-state index contributed by atoms with van der Waals surface area (Å²) in [5.74, 6) is 1.06. The number of amides is 1. The second kappa shape index (κ2) is 11.6. The van der Waals surface area contributed by atoms with Crippen LogP contribution < -0.4 is 14.8 Å². The molecule has 0 spiro atoms. The molecule has 0 saturated heterocycles. The largest absolute Gasteiger partial charge is 0.495 e. The number of anilines is 1. The molecule has 4 aromatic rings. The van der Waals surface area contributed by atoms with E-state index in [-0.39, 0.29) is 27.9 Å². The predicted molar refractivity (Wildman–Crippen MR) is 138 cm³/mol. The number of carbonyl (C=O) groups is 1. The summed E-state index contributed by atoms with van der Waals surface area (Å²) in [7, 11) is 1.36. The minimum absolute atomic E-state index is 0.0900. The quantitative estimate of drug-likeness (QED) is 0.237. The van der Waals surface area contributed by atoms with Crippen molar-refractivity contribution in [2.75, 3.05) is 12.4 Å². The van der Waals surface area contributed by atoms with Gasteiger partial charge in [0, 0.05) is 28.5 Å². The number of rotatable bonds is 7. The third kappa shape index (κ3) is 6.96. The highest BCUT2D eigenvalue weighted by Gasteiger charge is 2.30. The van der Waals surface area contributed by atoms with Crippen molar-refractivity contribution >= 4 is 35.1 Å². The van der Waals surface area contributed by atoms with Gasteiger partial charge in [-0.05, 0) is 41.5 Å². The first-order valence-electron chi connectivity index (χ1n) is 10.9.